The summed E-state index contributed by atoms with van der Waals surface area (Å²) in [5.41, 5.74) is 5.43. The molecule has 0 unspecified atom stereocenters. The minimum Gasteiger partial charge on any atom is -0.355 e. The van der Waals surface area contributed by atoms with Crippen LogP contribution in [-0.4, -0.2) is 19.0 Å². The highest BCUT2D eigenvalue weighted by molar-refractivity contribution is 5.85. The highest BCUT2D eigenvalue weighted by atomic mass is 35.5. The molecule has 1 aromatic rings. The predicted octanol–water partition coefficient (Wildman–Crippen LogP) is 4.04. The molecule has 7 heteroatoms. The van der Waals surface area contributed by atoms with E-state index in [1.165, 1.54) is 12.1 Å². The fourth-order valence-corrected chi connectivity index (χ4v) is 4.25. The lowest BCUT2D eigenvalue weighted by molar-refractivity contribution is -0.137. The Morgan fingerprint density at radius 2 is 1.96 bits per heavy atom. The molecule has 0 heterocycles. The fraction of sp³-hybridized carbons (Fsp3) is 0.632. The van der Waals surface area contributed by atoms with E-state index in [-0.39, 0.29) is 35.6 Å². The maximum Gasteiger partial charge on any atom is 0.416 e. The van der Waals surface area contributed by atoms with Gasteiger partial charge in [-0.1, -0.05) is 31.0 Å². The highest BCUT2D eigenvalue weighted by Gasteiger charge is 2.41. The molecule has 1 amide bonds. The molecule has 2 fully saturated rings. The van der Waals surface area contributed by atoms with Crippen LogP contribution in [-0.2, 0) is 16.4 Å². The van der Waals surface area contributed by atoms with E-state index in [1.807, 2.05) is 0 Å². The van der Waals surface area contributed by atoms with Gasteiger partial charge in [-0.15, -0.1) is 12.4 Å². The standard InChI is InChI=1S/C19H25F3N2O.ClH/c20-19(21,22)15-6-2-5-14(10-15)18(8-3-9-18)12-24-17(25)16-7-1-4-13(16)11-23;/h2,5-6,10,13,16H,1,3-4,7-9,11-12,23H2,(H,24,25);1H/t13-,16-;/m1./s1. The number of halogens is 4. The number of rotatable bonds is 5. The number of amides is 1. The summed E-state index contributed by atoms with van der Waals surface area (Å²) in [6, 6.07) is 5.54. The van der Waals surface area contributed by atoms with Crippen LogP contribution in [0.15, 0.2) is 24.3 Å². The van der Waals surface area contributed by atoms with Crippen molar-refractivity contribution < 1.29 is 18.0 Å². The third-order valence-electron chi connectivity index (χ3n) is 6.01. The summed E-state index contributed by atoms with van der Waals surface area (Å²) in [7, 11) is 0. The van der Waals surface area contributed by atoms with E-state index in [0.717, 1.165) is 44.6 Å². The van der Waals surface area contributed by atoms with Crippen LogP contribution >= 0.6 is 12.4 Å². The molecule has 0 bridgehead atoms. The molecule has 26 heavy (non-hydrogen) atoms. The van der Waals surface area contributed by atoms with Gasteiger partial charge in [0.05, 0.1) is 5.56 Å². The number of benzene rings is 1. The fourth-order valence-electron chi connectivity index (χ4n) is 4.25. The van der Waals surface area contributed by atoms with E-state index in [9.17, 15) is 18.0 Å². The van der Waals surface area contributed by atoms with Crippen molar-refractivity contribution in [3.63, 3.8) is 0 Å². The number of carbonyl (C=O) groups excluding carboxylic acids is 1. The summed E-state index contributed by atoms with van der Waals surface area (Å²) >= 11 is 0. The molecule has 2 aliphatic carbocycles. The van der Waals surface area contributed by atoms with Crippen molar-refractivity contribution in [1.82, 2.24) is 5.32 Å². The van der Waals surface area contributed by atoms with Crippen molar-refractivity contribution in [1.29, 1.82) is 0 Å². The van der Waals surface area contributed by atoms with Crippen molar-refractivity contribution in [3.05, 3.63) is 35.4 Å². The van der Waals surface area contributed by atoms with Crippen LogP contribution in [0, 0.1) is 11.8 Å². The van der Waals surface area contributed by atoms with Crippen molar-refractivity contribution >= 4 is 18.3 Å². The minimum atomic E-state index is -4.34. The quantitative estimate of drug-likeness (QED) is 0.797. The van der Waals surface area contributed by atoms with Gasteiger partial charge in [-0.25, -0.2) is 0 Å². The van der Waals surface area contributed by atoms with Crippen LogP contribution in [0.25, 0.3) is 0 Å². The van der Waals surface area contributed by atoms with E-state index in [4.69, 9.17) is 5.73 Å². The largest absolute Gasteiger partial charge is 0.416 e. The van der Waals surface area contributed by atoms with Crippen LogP contribution < -0.4 is 11.1 Å². The Labute approximate surface area is 158 Å². The van der Waals surface area contributed by atoms with Crippen LogP contribution in [0.4, 0.5) is 13.2 Å². The zero-order valence-corrected chi connectivity index (χ0v) is 15.5. The lowest BCUT2D eigenvalue weighted by Gasteiger charge is -2.43. The molecule has 2 aliphatic rings. The molecule has 0 radical (unpaired) electrons. The molecule has 3 nitrogen and oxygen atoms in total. The Bertz CT molecular complexity index is 631. The Hall–Kier alpha value is -1.27. The van der Waals surface area contributed by atoms with Crippen LogP contribution in [0.5, 0.6) is 0 Å². The van der Waals surface area contributed by atoms with Gasteiger partial charge >= 0.3 is 6.18 Å². The topological polar surface area (TPSA) is 55.1 Å². The normalized spacial score (nSPS) is 24.5. The maximum absolute atomic E-state index is 13.0. The van der Waals surface area contributed by atoms with Crippen LogP contribution in [0.1, 0.15) is 49.7 Å². The van der Waals surface area contributed by atoms with Crippen molar-refractivity contribution in [2.24, 2.45) is 17.6 Å². The summed E-state index contributed by atoms with van der Waals surface area (Å²) in [6.45, 7) is 0.914. The van der Waals surface area contributed by atoms with Crippen LogP contribution in [0.2, 0.25) is 0 Å². The first kappa shape index (κ1) is 21.0. The zero-order valence-electron chi connectivity index (χ0n) is 14.6. The van der Waals surface area contributed by atoms with Gasteiger partial charge in [-0.05, 0) is 49.8 Å². The van der Waals surface area contributed by atoms with Gasteiger partial charge in [0.15, 0.2) is 0 Å². The third-order valence-corrected chi connectivity index (χ3v) is 6.01. The lowest BCUT2D eigenvalue weighted by atomic mass is 9.64. The van der Waals surface area contributed by atoms with E-state index < -0.39 is 11.7 Å². The zero-order chi connectivity index (χ0) is 18.1. The second-order valence-electron chi connectivity index (χ2n) is 7.46. The van der Waals surface area contributed by atoms with Gasteiger partial charge in [-0.2, -0.15) is 13.2 Å². The summed E-state index contributed by atoms with van der Waals surface area (Å²) in [5.74, 6) is 0.181. The molecule has 2 saturated carbocycles. The predicted molar refractivity (Wildman–Crippen MR) is 97.1 cm³/mol. The lowest BCUT2D eigenvalue weighted by Crippen LogP contribution is -2.47. The monoisotopic (exact) mass is 390 g/mol. The maximum atomic E-state index is 13.0. The molecule has 0 aromatic heterocycles. The van der Waals surface area contributed by atoms with Gasteiger partial charge in [0.25, 0.3) is 0 Å². The van der Waals surface area contributed by atoms with E-state index >= 15 is 0 Å². The second-order valence-corrected chi connectivity index (χ2v) is 7.46. The highest BCUT2D eigenvalue weighted by Crippen LogP contribution is 2.44. The molecule has 146 valence electrons. The minimum absolute atomic E-state index is 0. The van der Waals surface area contributed by atoms with E-state index in [0.29, 0.717) is 18.7 Å². The molecule has 0 aliphatic heterocycles. The third kappa shape index (κ3) is 4.17. The van der Waals surface area contributed by atoms with Gasteiger partial charge in [0.2, 0.25) is 5.91 Å². The average molecular weight is 391 g/mol. The smallest absolute Gasteiger partial charge is 0.355 e. The van der Waals surface area contributed by atoms with E-state index in [1.54, 1.807) is 6.07 Å². The second kappa shape index (κ2) is 8.17. The number of carbonyl (C=O) groups is 1. The number of nitrogens with one attached hydrogen (secondary N) is 1. The number of alkyl halides is 3. The van der Waals surface area contributed by atoms with Crippen molar-refractivity contribution in [2.45, 2.75) is 50.1 Å². The molecular formula is C19H26ClF3N2O. The van der Waals surface area contributed by atoms with E-state index in [2.05, 4.69) is 5.32 Å². The number of hydrogen-bond acceptors (Lipinski definition) is 2. The Balaban J connectivity index is 0.00000243. The molecule has 0 spiro atoms. The molecule has 3 rings (SSSR count). The van der Waals surface area contributed by atoms with Gasteiger partial charge in [0.1, 0.15) is 0 Å². The molecule has 3 N–H and O–H groups in total. The number of hydrogen-bond donors (Lipinski definition) is 2. The SMILES string of the molecule is Cl.NC[C@H]1CCC[C@H]1C(=O)NCC1(c2cccc(C(F)(F)F)c2)CCC1. The van der Waals surface area contributed by atoms with Gasteiger partial charge in [-0.3, -0.25) is 4.79 Å². The number of nitrogens with two attached hydrogens (primary N) is 1. The summed E-state index contributed by atoms with van der Waals surface area (Å²) < 4.78 is 39.0. The summed E-state index contributed by atoms with van der Waals surface area (Å²) in [6.07, 6.45) is 1.08. The van der Waals surface area contributed by atoms with Crippen molar-refractivity contribution in [3.8, 4) is 0 Å². The molecule has 1 aromatic carbocycles. The van der Waals surface area contributed by atoms with Crippen LogP contribution in [0.3, 0.4) is 0 Å². The summed E-state index contributed by atoms with van der Waals surface area (Å²) in [4.78, 5) is 12.5. The summed E-state index contributed by atoms with van der Waals surface area (Å²) in [5, 5.41) is 3.01. The first-order valence-corrected chi connectivity index (χ1v) is 9.01. The molecule has 2 atom stereocenters. The first-order chi connectivity index (χ1) is 11.9. The Kier molecular flexibility index (Phi) is 6.61. The Morgan fingerprint density at radius 3 is 2.54 bits per heavy atom. The molecular weight excluding hydrogens is 365 g/mol. The average Bonchev–Trinajstić information content (AvgIpc) is 3.02. The van der Waals surface area contributed by atoms with Gasteiger partial charge < -0.3 is 11.1 Å². The van der Waals surface area contributed by atoms with Crippen molar-refractivity contribution in [2.75, 3.05) is 13.1 Å². The van der Waals surface area contributed by atoms with Gasteiger partial charge in [0, 0.05) is 17.9 Å². The molecule has 0 saturated heterocycles. The first-order valence-electron chi connectivity index (χ1n) is 9.01. The Morgan fingerprint density at radius 1 is 1.23 bits per heavy atom.